The highest BCUT2D eigenvalue weighted by Gasteiger charge is 2.34. The first-order valence-corrected chi connectivity index (χ1v) is 11.2. The van der Waals surface area contributed by atoms with Gasteiger partial charge in [0.05, 0.1) is 17.0 Å². The Morgan fingerprint density at radius 2 is 1.84 bits per heavy atom. The second kappa shape index (κ2) is 9.71. The van der Waals surface area contributed by atoms with E-state index in [0.717, 1.165) is 24.9 Å². The molecular weight excluding hydrogens is 388 g/mol. The number of benzene rings is 2. The lowest BCUT2D eigenvalue weighted by atomic mass is 9.89. The number of nitrogens with two attached hydrogens (primary N) is 1. The number of amides is 1. The highest BCUT2D eigenvalue weighted by atomic mass is 16.3. The number of hydrogen-bond donors (Lipinski definition) is 4. The summed E-state index contributed by atoms with van der Waals surface area (Å²) >= 11 is 0. The van der Waals surface area contributed by atoms with E-state index in [1.807, 2.05) is 50.2 Å². The number of nitrogens with zero attached hydrogens (tertiary/aromatic N) is 1. The minimum Gasteiger partial charge on any atom is -0.397 e. The fraction of sp³-hybridized carbons (Fsp3) is 0.480. The smallest absolute Gasteiger partial charge is 0.255 e. The van der Waals surface area contributed by atoms with Crippen molar-refractivity contribution in [1.29, 1.82) is 0 Å². The molecule has 1 saturated heterocycles. The summed E-state index contributed by atoms with van der Waals surface area (Å²) in [6.07, 6.45) is 3.11. The number of piperidine rings is 1. The number of rotatable bonds is 7. The monoisotopic (exact) mass is 424 g/mol. The van der Waals surface area contributed by atoms with Crippen molar-refractivity contribution in [3.05, 3.63) is 54.1 Å². The Hall–Kier alpha value is -2.57. The molecule has 2 aromatic rings. The van der Waals surface area contributed by atoms with Crippen LogP contribution >= 0.6 is 0 Å². The fourth-order valence-corrected chi connectivity index (χ4v) is 4.48. The molecule has 168 valence electrons. The van der Waals surface area contributed by atoms with Crippen LogP contribution in [0.1, 0.15) is 57.3 Å². The standard InChI is InChI=1S/C25H36N4O2/c1-5-21-15-20(14-17(2)29(21)16-25(3,4)31)27-19-12-10-18(11-13-19)24(30)28-23-9-7-6-8-22(23)26/h6-13,17,20-21,27,31H,5,14-16,26H2,1-4H3,(H,28,30). The fourth-order valence-electron chi connectivity index (χ4n) is 4.48. The lowest BCUT2D eigenvalue weighted by molar-refractivity contribution is -0.0140. The number of carbonyl (C=O) groups is 1. The van der Waals surface area contributed by atoms with Crippen LogP contribution in [-0.2, 0) is 0 Å². The third-order valence-electron chi connectivity index (χ3n) is 5.99. The molecule has 5 N–H and O–H groups in total. The van der Waals surface area contributed by atoms with Gasteiger partial charge in [0.25, 0.3) is 5.91 Å². The Morgan fingerprint density at radius 1 is 1.16 bits per heavy atom. The predicted octanol–water partition coefficient (Wildman–Crippen LogP) is 4.34. The molecule has 31 heavy (non-hydrogen) atoms. The number of para-hydroxylation sites is 2. The summed E-state index contributed by atoms with van der Waals surface area (Å²) in [6.45, 7) is 8.89. The molecule has 3 atom stereocenters. The number of likely N-dealkylation sites (tertiary alicyclic amines) is 1. The number of hydrogen-bond acceptors (Lipinski definition) is 5. The largest absolute Gasteiger partial charge is 0.397 e. The van der Waals surface area contributed by atoms with Gasteiger partial charge >= 0.3 is 0 Å². The van der Waals surface area contributed by atoms with Crippen molar-refractivity contribution >= 4 is 23.0 Å². The van der Waals surface area contributed by atoms with Crippen molar-refractivity contribution in [3.8, 4) is 0 Å². The molecular formula is C25H36N4O2. The molecule has 6 heteroatoms. The Kier molecular flexibility index (Phi) is 7.23. The number of anilines is 3. The van der Waals surface area contributed by atoms with E-state index in [2.05, 4.69) is 29.4 Å². The minimum atomic E-state index is -0.692. The van der Waals surface area contributed by atoms with Crippen LogP contribution in [-0.4, -0.2) is 46.2 Å². The Balaban J connectivity index is 1.61. The van der Waals surface area contributed by atoms with E-state index < -0.39 is 5.60 Å². The average molecular weight is 425 g/mol. The Bertz CT molecular complexity index is 876. The number of nitrogen functional groups attached to an aromatic ring is 1. The van der Waals surface area contributed by atoms with E-state index >= 15 is 0 Å². The summed E-state index contributed by atoms with van der Waals surface area (Å²) in [5.74, 6) is -0.177. The lowest BCUT2D eigenvalue weighted by Crippen LogP contribution is -2.55. The summed E-state index contributed by atoms with van der Waals surface area (Å²) in [6, 6.07) is 16.0. The highest BCUT2D eigenvalue weighted by molar-refractivity contribution is 6.05. The van der Waals surface area contributed by atoms with E-state index in [9.17, 15) is 9.90 Å². The van der Waals surface area contributed by atoms with Gasteiger partial charge in [0.1, 0.15) is 0 Å². The third kappa shape index (κ3) is 6.21. The third-order valence-corrected chi connectivity index (χ3v) is 5.99. The quantitative estimate of drug-likeness (QED) is 0.497. The number of nitrogens with one attached hydrogen (secondary N) is 2. The van der Waals surface area contributed by atoms with Gasteiger partial charge in [0.15, 0.2) is 0 Å². The van der Waals surface area contributed by atoms with E-state index in [1.54, 1.807) is 12.1 Å². The van der Waals surface area contributed by atoms with E-state index in [0.29, 0.717) is 41.6 Å². The summed E-state index contributed by atoms with van der Waals surface area (Å²) < 4.78 is 0. The van der Waals surface area contributed by atoms with Crippen LogP contribution in [0.3, 0.4) is 0 Å². The van der Waals surface area contributed by atoms with Crippen molar-refractivity contribution in [2.75, 3.05) is 22.9 Å². The van der Waals surface area contributed by atoms with Gasteiger partial charge in [-0.2, -0.15) is 0 Å². The Labute approximate surface area is 185 Å². The van der Waals surface area contributed by atoms with Gasteiger partial charge in [-0.25, -0.2) is 0 Å². The number of carbonyl (C=O) groups excluding carboxylic acids is 1. The zero-order chi connectivity index (χ0) is 22.6. The maximum atomic E-state index is 12.5. The van der Waals surface area contributed by atoms with Crippen molar-refractivity contribution < 1.29 is 9.90 Å². The zero-order valence-electron chi connectivity index (χ0n) is 19.1. The van der Waals surface area contributed by atoms with Crippen LogP contribution in [0.5, 0.6) is 0 Å². The van der Waals surface area contributed by atoms with Gasteiger partial charge in [-0.05, 0) is 76.4 Å². The van der Waals surface area contributed by atoms with E-state index in [-0.39, 0.29) is 5.91 Å². The summed E-state index contributed by atoms with van der Waals surface area (Å²) in [4.78, 5) is 15.0. The molecule has 1 aliphatic rings. The molecule has 0 aliphatic carbocycles. The Morgan fingerprint density at radius 3 is 2.45 bits per heavy atom. The number of β-amino-alcohol motifs (C(OH)–C–C–N with tert-alkyl or cyclic N) is 1. The molecule has 2 aromatic carbocycles. The van der Waals surface area contributed by atoms with Crippen LogP contribution in [0, 0.1) is 0 Å². The van der Waals surface area contributed by atoms with Gasteiger partial charge < -0.3 is 21.5 Å². The molecule has 0 radical (unpaired) electrons. The minimum absolute atomic E-state index is 0.177. The molecule has 1 heterocycles. The predicted molar refractivity (Wildman–Crippen MR) is 128 cm³/mol. The molecule has 0 aromatic heterocycles. The lowest BCUT2D eigenvalue weighted by Gasteiger charge is -2.46. The van der Waals surface area contributed by atoms with Crippen molar-refractivity contribution in [3.63, 3.8) is 0 Å². The van der Waals surface area contributed by atoms with Gasteiger partial charge in [-0.3, -0.25) is 9.69 Å². The normalized spacial score (nSPS) is 22.2. The van der Waals surface area contributed by atoms with Crippen molar-refractivity contribution in [2.24, 2.45) is 0 Å². The van der Waals surface area contributed by atoms with Crippen molar-refractivity contribution in [2.45, 2.75) is 70.7 Å². The SMILES string of the molecule is CCC1CC(Nc2ccc(C(=O)Nc3ccccc3N)cc2)CC(C)N1CC(C)(C)O. The molecule has 1 amide bonds. The van der Waals surface area contributed by atoms with E-state index in [1.165, 1.54) is 0 Å². The second-order valence-corrected chi connectivity index (χ2v) is 9.33. The molecule has 0 spiro atoms. The molecule has 1 aliphatic heterocycles. The van der Waals surface area contributed by atoms with Crippen molar-refractivity contribution in [1.82, 2.24) is 4.90 Å². The summed E-state index contributed by atoms with van der Waals surface area (Å²) in [5, 5.41) is 16.8. The van der Waals surface area contributed by atoms with Gasteiger partial charge in [-0.1, -0.05) is 19.1 Å². The molecule has 1 fully saturated rings. The molecule has 0 saturated carbocycles. The topological polar surface area (TPSA) is 90.6 Å². The first-order chi connectivity index (χ1) is 14.7. The molecule has 0 bridgehead atoms. The first kappa shape index (κ1) is 23.1. The maximum Gasteiger partial charge on any atom is 0.255 e. The van der Waals surface area contributed by atoms with Crippen LogP contribution in [0.15, 0.2) is 48.5 Å². The zero-order valence-corrected chi connectivity index (χ0v) is 19.1. The second-order valence-electron chi connectivity index (χ2n) is 9.33. The summed E-state index contributed by atoms with van der Waals surface area (Å²) in [7, 11) is 0. The van der Waals surface area contributed by atoms with Crippen LogP contribution < -0.4 is 16.4 Å². The molecule has 3 rings (SSSR count). The van der Waals surface area contributed by atoms with E-state index in [4.69, 9.17) is 5.73 Å². The van der Waals surface area contributed by atoms with Gasteiger partial charge in [0.2, 0.25) is 0 Å². The maximum absolute atomic E-state index is 12.5. The van der Waals surface area contributed by atoms with Crippen LogP contribution in [0.2, 0.25) is 0 Å². The number of aliphatic hydroxyl groups is 1. The van der Waals surface area contributed by atoms with Gasteiger partial charge in [0, 0.05) is 35.9 Å². The first-order valence-electron chi connectivity index (χ1n) is 11.2. The summed E-state index contributed by atoms with van der Waals surface area (Å²) in [5.41, 5.74) is 7.99. The molecule has 6 nitrogen and oxygen atoms in total. The van der Waals surface area contributed by atoms with Crippen LogP contribution in [0.4, 0.5) is 17.1 Å². The van der Waals surface area contributed by atoms with Gasteiger partial charge in [-0.15, -0.1) is 0 Å². The van der Waals surface area contributed by atoms with Crippen LogP contribution in [0.25, 0.3) is 0 Å². The molecule has 3 unspecified atom stereocenters. The highest BCUT2D eigenvalue weighted by Crippen LogP contribution is 2.29. The average Bonchev–Trinajstić information content (AvgIpc) is 2.71.